The van der Waals surface area contributed by atoms with Crippen LogP contribution in [0.1, 0.15) is 17.3 Å². The van der Waals surface area contributed by atoms with Crippen molar-refractivity contribution in [1.82, 2.24) is 0 Å². The van der Waals surface area contributed by atoms with Gasteiger partial charge in [0, 0.05) is 11.8 Å². The molecule has 122 valence electrons. The van der Waals surface area contributed by atoms with Crippen LogP contribution in [0.25, 0.3) is 0 Å². The molecule has 1 aromatic carbocycles. The Kier molecular flexibility index (Phi) is 5.02. The van der Waals surface area contributed by atoms with Crippen molar-refractivity contribution >= 4 is 17.6 Å². The molecule has 2 N–H and O–H groups in total. The van der Waals surface area contributed by atoms with Crippen LogP contribution in [0, 0.1) is 0 Å². The Morgan fingerprint density at radius 3 is 2.27 bits per heavy atom. The maximum Gasteiger partial charge on any atom is 0.426 e. The highest BCUT2D eigenvalue weighted by Gasteiger charge is 2.55. The zero-order valence-electron chi connectivity index (χ0n) is 11.9. The summed E-state index contributed by atoms with van der Waals surface area (Å²) in [5.41, 5.74) is -3.61. The first-order valence-corrected chi connectivity index (χ1v) is 5.91. The van der Waals surface area contributed by atoms with Gasteiger partial charge in [0.25, 0.3) is 5.91 Å². The van der Waals surface area contributed by atoms with Crippen LogP contribution in [0.5, 0.6) is 5.75 Å². The fourth-order valence-electron chi connectivity index (χ4n) is 1.43. The first-order chi connectivity index (χ1) is 10.0. The van der Waals surface area contributed by atoms with Crippen molar-refractivity contribution in [3.05, 3.63) is 23.8 Å². The Morgan fingerprint density at radius 2 is 1.82 bits per heavy atom. The molecule has 6 nitrogen and oxygen atoms in total. The molecule has 0 fully saturated rings. The van der Waals surface area contributed by atoms with Crippen LogP contribution >= 0.6 is 0 Å². The monoisotopic (exact) mass is 321 g/mol. The van der Waals surface area contributed by atoms with Crippen LogP contribution in [-0.2, 0) is 9.53 Å². The SMILES string of the molecule is COC(=O)c1ccc(NC(=O)C(C)(O)C(F)(F)F)cc1OC. The molecule has 1 amide bonds. The number of aliphatic hydroxyl groups is 1. The second-order valence-electron chi connectivity index (χ2n) is 4.43. The van der Waals surface area contributed by atoms with E-state index in [1.807, 2.05) is 5.32 Å². The Hall–Kier alpha value is -2.29. The number of amides is 1. The van der Waals surface area contributed by atoms with Crippen molar-refractivity contribution in [3.8, 4) is 5.75 Å². The van der Waals surface area contributed by atoms with Crippen molar-refractivity contribution in [3.63, 3.8) is 0 Å². The molecule has 1 aromatic rings. The summed E-state index contributed by atoms with van der Waals surface area (Å²) in [5.74, 6) is -2.37. The molecule has 0 aliphatic rings. The molecule has 1 atom stereocenters. The molecule has 0 bridgehead atoms. The number of anilines is 1. The lowest BCUT2D eigenvalue weighted by molar-refractivity contribution is -0.242. The van der Waals surface area contributed by atoms with Gasteiger partial charge in [-0.2, -0.15) is 13.2 Å². The number of esters is 1. The quantitative estimate of drug-likeness (QED) is 0.825. The van der Waals surface area contributed by atoms with Gasteiger partial charge in [0.05, 0.1) is 14.2 Å². The van der Waals surface area contributed by atoms with Crippen LogP contribution in [0.15, 0.2) is 18.2 Å². The molecule has 0 heterocycles. The molecular formula is C13H14F3NO5. The molecule has 9 heteroatoms. The van der Waals surface area contributed by atoms with Gasteiger partial charge in [-0.15, -0.1) is 0 Å². The van der Waals surface area contributed by atoms with Crippen LogP contribution in [-0.4, -0.2) is 43.0 Å². The second-order valence-corrected chi connectivity index (χ2v) is 4.43. The normalized spacial score (nSPS) is 14.0. The predicted molar refractivity (Wildman–Crippen MR) is 69.6 cm³/mol. The molecular weight excluding hydrogens is 307 g/mol. The van der Waals surface area contributed by atoms with Gasteiger partial charge in [-0.3, -0.25) is 4.79 Å². The van der Waals surface area contributed by atoms with E-state index in [9.17, 15) is 27.9 Å². The smallest absolute Gasteiger partial charge is 0.426 e. The third kappa shape index (κ3) is 3.48. The van der Waals surface area contributed by atoms with E-state index in [2.05, 4.69) is 4.74 Å². The minimum absolute atomic E-state index is 0.00342. The van der Waals surface area contributed by atoms with E-state index in [1.165, 1.54) is 19.2 Å². The van der Waals surface area contributed by atoms with E-state index in [-0.39, 0.29) is 17.0 Å². The Bertz CT molecular complexity index is 584. The maximum atomic E-state index is 12.6. The number of carbonyl (C=O) groups excluding carboxylic acids is 2. The van der Waals surface area contributed by atoms with Gasteiger partial charge >= 0.3 is 12.1 Å². The van der Waals surface area contributed by atoms with Gasteiger partial charge in [0.1, 0.15) is 11.3 Å². The first kappa shape index (κ1) is 17.8. The minimum Gasteiger partial charge on any atom is -0.496 e. The van der Waals surface area contributed by atoms with E-state index in [0.29, 0.717) is 6.92 Å². The predicted octanol–water partition coefficient (Wildman–Crippen LogP) is 1.73. The summed E-state index contributed by atoms with van der Waals surface area (Å²) >= 11 is 0. The Balaban J connectivity index is 3.06. The summed E-state index contributed by atoms with van der Waals surface area (Å²) in [6.07, 6.45) is -5.13. The molecule has 0 saturated carbocycles. The summed E-state index contributed by atoms with van der Waals surface area (Å²) in [5, 5.41) is 11.2. The van der Waals surface area contributed by atoms with E-state index in [1.54, 1.807) is 0 Å². The lowest BCUT2D eigenvalue weighted by Gasteiger charge is -2.25. The summed E-state index contributed by atoms with van der Waals surface area (Å²) in [7, 11) is 2.39. The molecule has 0 aliphatic carbocycles. The summed E-state index contributed by atoms with van der Waals surface area (Å²) in [6, 6.07) is 3.53. The lowest BCUT2D eigenvalue weighted by Crippen LogP contribution is -2.52. The molecule has 0 spiro atoms. The van der Waals surface area contributed by atoms with Gasteiger partial charge in [-0.05, 0) is 19.1 Å². The Morgan fingerprint density at radius 1 is 1.23 bits per heavy atom. The number of methoxy groups -OCH3 is 2. The fraction of sp³-hybridized carbons (Fsp3) is 0.385. The van der Waals surface area contributed by atoms with Crippen LogP contribution in [0.4, 0.5) is 18.9 Å². The van der Waals surface area contributed by atoms with Crippen LogP contribution in [0.2, 0.25) is 0 Å². The number of carbonyl (C=O) groups is 2. The molecule has 22 heavy (non-hydrogen) atoms. The van der Waals surface area contributed by atoms with Gasteiger partial charge in [0.15, 0.2) is 0 Å². The van der Waals surface area contributed by atoms with E-state index >= 15 is 0 Å². The van der Waals surface area contributed by atoms with Crippen LogP contribution < -0.4 is 10.1 Å². The highest BCUT2D eigenvalue weighted by molar-refractivity contribution is 5.99. The van der Waals surface area contributed by atoms with Crippen molar-refractivity contribution in [2.75, 3.05) is 19.5 Å². The third-order valence-corrected chi connectivity index (χ3v) is 2.86. The first-order valence-electron chi connectivity index (χ1n) is 5.91. The number of halogens is 3. The van der Waals surface area contributed by atoms with Gasteiger partial charge < -0.3 is 19.9 Å². The van der Waals surface area contributed by atoms with Crippen molar-refractivity contribution in [1.29, 1.82) is 0 Å². The highest BCUT2D eigenvalue weighted by atomic mass is 19.4. The van der Waals surface area contributed by atoms with E-state index in [0.717, 1.165) is 13.2 Å². The van der Waals surface area contributed by atoms with Crippen molar-refractivity contribution in [2.45, 2.75) is 18.7 Å². The summed E-state index contributed by atoms with van der Waals surface area (Å²) in [4.78, 5) is 23.0. The van der Waals surface area contributed by atoms with Crippen LogP contribution in [0.3, 0.4) is 0 Å². The lowest BCUT2D eigenvalue weighted by atomic mass is 10.1. The zero-order chi connectivity index (χ0) is 17.1. The molecule has 1 rings (SSSR count). The minimum atomic E-state index is -5.13. The zero-order valence-corrected chi connectivity index (χ0v) is 11.9. The number of ether oxygens (including phenoxy) is 2. The van der Waals surface area contributed by atoms with Gasteiger partial charge in [0.2, 0.25) is 5.60 Å². The number of nitrogens with one attached hydrogen (secondary N) is 1. The van der Waals surface area contributed by atoms with E-state index < -0.39 is 23.7 Å². The van der Waals surface area contributed by atoms with Gasteiger partial charge in [-0.25, -0.2) is 4.79 Å². The summed E-state index contributed by atoms with van der Waals surface area (Å²) in [6.45, 7) is 0.336. The number of hydrogen-bond acceptors (Lipinski definition) is 5. The third-order valence-electron chi connectivity index (χ3n) is 2.86. The standard InChI is InChI=1S/C13H14F3NO5/c1-12(20,13(14,15)16)11(19)17-7-4-5-8(10(18)22-3)9(6-7)21-2/h4-6,20H,1-3H3,(H,17,19). The average molecular weight is 321 g/mol. The second kappa shape index (κ2) is 6.22. The molecule has 0 saturated heterocycles. The molecule has 0 radical (unpaired) electrons. The van der Waals surface area contributed by atoms with Gasteiger partial charge in [-0.1, -0.05) is 0 Å². The number of rotatable bonds is 4. The molecule has 1 unspecified atom stereocenters. The largest absolute Gasteiger partial charge is 0.496 e. The number of hydrogen-bond donors (Lipinski definition) is 2. The molecule has 0 aliphatic heterocycles. The van der Waals surface area contributed by atoms with Crippen molar-refractivity contribution < 1.29 is 37.3 Å². The Labute approximate surface area is 123 Å². The van der Waals surface area contributed by atoms with E-state index in [4.69, 9.17) is 4.74 Å². The maximum absolute atomic E-state index is 12.6. The number of benzene rings is 1. The highest BCUT2D eigenvalue weighted by Crippen LogP contribution is 2.31. The summed E-state index contributed by atoms with van der Waals surface area (Å²) < 4.78 is 47.1. The molecule has 0 aromatic heterocycles. The topological polar surface area (TPSA) is 84.9 Å². The number of alkyl halides is 3. The fourth-order valence-corrected chi connectivity index (χ4v) is 1.43. The average Bonchev–Trinajstić information content (AvgIpc) is 2.44. The van der Waals surface area contributed by atoms with Crippen molar-refractivity contribution in [2.24, 2.45) is 0 Å².